The normalized spacial score (nSPS) is 9.44. The van der Waals surface area contributed by atoms with Crippen LogP contribution in [0.3, 0.4) is 0 Å². The molecule has 2 heteroatoms. The molecule has 0 spiro atoms. The number of hydrogen-bond acceptors (Lipinski definition) is 2. The predicted molar refractivity (Wildman–Crippen MR) is 44.0 cm³/mol. The highest BCUT2D eigenvalue weighted by Crippen LogP contribution is 2.01. The van der Waals surface area contributed by atoms with Gasteiger partial charge in [0, 0.05) is 19.5 Å². The maximum absolute atomic E-state index is 4.88. The molecule has 0 bridgehead atoms. The van der Waals surface area contributed by atoms with Crippen molar-refractivity contribution < 1.29 is 4.74 Å². The molecule has 0 N–H and O–H groups in total. The van der Waals surface area contributed by atoms with Crippen molar-refractivity contribution in [2.24, 2.45) is 0 Å². The summed E-state index contributed by atoms with van der Waals surface area (Å²) in [5, 5.41) is 0. The first-order chi connectivity index (χ1) is 4.41. The van der Waals surface area contributed by atoms with Crippen LogP contribution in [-0.4, -0.2) is 25.2 Å². The molecule has 9 heavy (non-hydrogen) atoms. The van der Waals surface area contributed by atoms with Gasteiger partial charge in [-0.15, -0.1) is 6.58 Å². The Hall–Kier alpha value is 0.0500. The first-order valence-electron chi connectivity index (χ1n) is 3.09. The van der Waals surface area contributed by atoms with Crippen molar-refractivity contribution in [1.29, 1.82) is 0 Å². The Morgan fingerprint density at radius 1 is 1.67 bits per heavy atom. The number of ether oxygens (including phenoxy) is 1. The van der Waals surface area contributed by atoms with E-state index in [4.69, 9.17) is 4.74 Å². The zero-order chi connectivity index (χ0) is 6.95. The summed E-state index contributed by atoms with van der Waals surface area (Å²) in [5.41, 5.74) is 0. The number of rotatable bonds is 6. The van der Waals surface area contributed by atoms with E-state index >= 15 is 0 Å². The van der Waals surface area contributed by atoms with Crippen molar-refractivity contribution in [2.45, 2.75) is 6.42 Å². The van der Waals surface area contributed by atoms with Crippen LogP contribution in [-0.2, 0) is 4.74 Å². The smallest absolute Gasteiger partial charge is 0.0470 e. The Morgan fingerprint density at radius 2 is 2.44 bits per heavy atom. The van der Waals surface area contributed by atoms with E-state index in [0.717, 1.165) is 18.8 Å². The van der Waals surface area contributed by atoms with Crippen LogP contribution in [0.15, 0.2) is 12.7 Å². The van der Waals surface area contributed by atoms with Gasteiger partial charge in [-0.25, -0.2) is 0 Å². The van der Waals surface area contributed by atoms with Crippen molar-refractivity contribution in [2.75, 3.05) is 25.2 Å². The van der Waals surface area contributed by atoms with Gasteiger partial charge in [0.1, 0.15) is 0 Å². The van der Waals surface area contributed by atoms with Gasteiger partial charge in [-0.05, 0) is 12.2 Å². The highest BCUT2D eigenvalue weighted by atomic mass is 32.2. The van der Waals surface area contributed by atoms with Gasteiger partial charge in [-0.1, -0.05) is 6.08 Å². The van der Waals surface area contributed by atoms with Gasteiger partial charge in [0.15, 0.2) is 0 Å². The summed E-state index contributed by atoms with van der Waals surface area (Å²) in [4.78, 5) is 0. The van der Waals surface area contributed by atoms with Crippen molar-refractivity contribution in [1.82, 2.24) is 0 Å². The highest BCUT2D eigenvalue weighted by molar-refractivity contribution is 7.99. The Bertz CT molecular complexity index is 63.9. The molecule has 0 saturated carbocycles. The Morgan fingerprint density at radius 3 is 3.00 bits per heavy atom. The van der Waals surface area contributed by atoms with Crippen LogP contribution in [0.4, 0.5) is 0 Å². The third-order valence-electron chi connectivity index (χ3n) is 0.873. The van der Waals surface area contributed by atoms with Gasteiger partial charge in [-0.3, -0.25) is 0 Å². The average Bonchev–Trinajstić information content (AvgIpc) is 1.89. The second kappa shape index (κ2) is 8.05. The molecule has 0 fully saturated rings. The Labute approximate surface area is 61.5 Å². The third kappa shape index (κ3) is 8.05. The molecule has 0 aromatic heterocycles. The monoisotopic (exact) mass is 146 g/mol. The van der Waals surface area contributed by atoms with Crippen molar-refractivity contribution in [3.05, 3.63) is 12.7 Å². The van der Waals surface area contributed by atoms with Gasteiger partial charge in [0.05, 0.1) is 0 Å². The van der Waals surface area contributed by atoms with Crippen molar-refractivity contribution >= 4 is 11.8 Å². The Balaban J connectivity index is 2.66. The molecule has 0 amide bonds. The van der Waals surface area contributed by atoms with Gasteiger partial charge in [0.25, 0.3) is 0 Å². The first kappa shape index (κ1) is 9.05. The average molecular weight is 146 g/mol. The molecule has 0 radical (unpaired) electrons. The second-order valence-electron chi connectivity index (χ2n) is 1.71. The summed E-state index contributed by atoms with van der Waals surface area (Å²) in [7, 11) is 1.73. The molecule has 0 aliphatic heterocycles. The lowest BCUT2D eigenvalue weighted by Gasteiger charge is -1.95. The number of hydrogen-bond donors (Lipinski definition) is 0. The maximum atomic E-state index is 4.88. The topological polar surface area (TPSA) is 9.23 Å². The van der Waals surface area contributed by atoms with E-state index in [1.54, 1.807) is 7.11 Å². The van der Waals surface area contributed by atoms with Gasteiger partial charge >= 0.3 is 0 Å². The molecule has 1 nitrogen and oxygen atoms in total. The van der Waals surface area contributed by atoms with Crippen LogP contribution in [0.1, 0.15) is 6.42 Å². The lowest BCUT2D eigenvalue weighted by Crippen LogP contribution is -1.90. The maximum Gasteiger partial charge on any atom is 0.0470 e. The first-order valence-corrected chi connectivity index (χ1v) is 4.25. The lowest BCUT2D eigenvalue weighted by molar-refractivity contribution is 0.200. The minimum atomic E-state index is 0.879. The number of thioether (sulfide) groups is 1. The SMILES string of the molecule is C=CCSCCCOC. The quantitative estimate of drug-likeness (QED) is 0.418. The predicted octanol–water partition coefficient (Wildman–Crippen LogP) is 1.94. The fourth-order valence-corrected chi connectivity index (χ4v) is 1.13. The van der Waals surface area contributed by atoms with E-state index < -0.39 is 0 Å². The summed E-state index contributed by atoms with van der Waals surface area (Å²) in [6.07, 6.45) is 3.08. The minimum Gasteiger partial charge on any atom is -0.385 e. The molecular formula is C7H14OS. The van der Waals surface area contributed by atoms with Gasteiger partial charge < -0.3 is 4.74 Å². The Kier molecular flexibility index (Phi) is 8.09. The molecular weight excluding hydrogens is 132 g/mol. The van der Waals surface area contributed by atoms with Crippen LogP contribution in [0, 0.1) is 0 Å². The summed E-state index contributed by atoms with van der Waals surface area (Å²) in [6, 6.07) is 0. The molecule has 0 aliphatic rings. The van der Waals surface area contributed by atoms with Gasteiger partial charge in [0.2, 0.25) is 0 Å². The molecule has 54 valence electrons. The van der Waals surface area contributed by atoms with Crippen LogP contribution in [0.2, 0.25) is 0 Å². The van der Waals surface area contributed by atoms with Crippen LogP contribution in [0.5, 0.6) is 0 Å². The summed E-state index contributed by atoms with van der Waals surface area (Å²) in [5.74, 6) is 2.24. The molecule has 0 aliphatic carbocycles. The standard InChI is InChI=1S/C7H14OS/c1-3-6-9-7-4-5-8-2/h3H,1,4-7H2,2H3. The van der Waals surface area contributed by atoms with E-state index in [-0.39, 0.29) is 0 Å². The summed E-state index contributed by atoms with van der Waals surface area (Å²) in [6.45, 7) is 4.51. The molecule has 0 saturated heterocycles. The molecule has 0 unspecified atom stereocenters. The van der Waals surface area contributed by atoms with Crippen molar-refractivity contribution in [3.63, 3.8) is 0 Å². The largest absolute Gasteiger partial charge is 0.385 e. The fraction of sp³-hybridized carbons (Fsp3) is 0.714. The van der Waals surface area contributed by atoms with Crippen molar-refractivity contribution in [3.8, 4) is 0 Å². The van der Waals surface area contributed by atoms with Crippen LogP contribution >= 0.6 is 11.8 Å². The molecule has 0 rings (SSSR count). The molecule has 0 atom stereocenters. The summed E-state index contributed by atoms with van der Waals surface area (Å²) < 4.78 is 4.88. The summed E-state index contributed by atoms with van der Waals surface area (Å²) >= 11 is 1.90. The zero-order valence-electron chi connectivity index (χ0n) is 5.93. The molecule has 0 aromatic carbocycles. The van der Waals surface area contributed by atoms with E-state index in [0.29, 0.717) is 0 Å². The van der Waals surface area contributed by atoms with Crippen LogP contribution in [0.25, 0.3) is 0 Å². The minimum absolute atomic E-state index is 0.879. The molecule has 0 aromatic rings. The lowest BCUT2D eigenvalue weighted by atomic mass is 10.5. The van der Waals surface area contributed by atoms with E-state index in [9.17, 15) is 0 Å². The molecule has 0 heterocycles. The number of methoxy groups -OCH3 is 1. The van der Waals surface area contributed by atoms with E-state index in [1.165, 1.54) is 5.75 Å². The highest BCUT2D eigenvalue weighted by Gasteiger charge is 1.84. The van der Waals surface area contributed by atoms with Crippen LogP contribution < -0.4 is 0 Å². The second-order valence-corrected chi connectivity index (χ2v) is 2.86. The van der Waals surface area contributed by atoms with Gasteiger partial charge in [-0.2, -0.15) is 11.8 Å². The fourth-order valence-electron chi connectivity index (χ4n) is 0.472. The zero-order valence-corrected chi connectivity index (χ0v) is 6.75. The van der Waals surface area contributed by atoms with E-state index in [2.05, 4.69) is 6.58 Å². The van der Waals surface area contributed by atoms with E-state index in [1.807, 2.05) is 17.8 Å². The third-order valence-corrected chi connectivity index (χ3v) is 1.92.